The molecule has 0 aliphatic heterocycles. The number of aromatic nitrogens is 2. The zero-order chi connectivity index (χ0) is 14.1. The molecule has 6 heteroatoms. The summed E-state index contributed by atoms with van der Waals surface area (Å²) in [7, 11) is 0. The monoisotopic (exact) mass is 331 g/mol. The Morgan fingerprint density at radius 3 is 2.95 bits per heavy atom. The van der Waals surface area contributed by atoms with E-state index < -0.39 is 0 Å². The fourth-order valence-corrected chi connectivity index (χ4v) is 2.48. The van der Waals surface area contributed by atoms with Gasteiger partial charge in [0.2, 0.25) is 0 Å². The number of hydrogen-bond donors (Lipinski definition) is 2. The highest BCUT2D eigenvalue weighted by atomic mass is 79.9. The van der Waals surface area contributed by atoms with Crippen molar-refractivity contribution in [3.63, 3.8) is 0 Å². The summed E-state index contributed by atoms with van der Waals surface area (Å²) in [6.07, 6.45) is 2.26. The molecule has 1 saturated carbocycles. The number of nitriles is 1. The maximum Gasteiger partial charge on any atom is 0.168 e. The lowest BCUT2D eigenvalue weighted by atomic mass is 10.2. The predicted octanol–water partition coefficient (Wildman–Crippen LogP) is 2.72. The summed E-state index contributed by atoms with van der Waals surface area (Å²) < 4.78 is 2.68. The van der Waals surface area contributed by atoms with Crippen molar-refractivity contribution in [3.05, 3.63) is 39.9 Å². The van der Waals surface area contributed by atoms with Gasteiger partial charge < -0.3 is 11.1 Å². The van der Waals surface area contributed by atoms with Crippen LogP contribution in [0.3, 0.4) is 0 Å². The summed E-state index contributed by atoms with van der Waals surface area (Å²) in [5.74, 6) is 1.01. The quantitative estimate of drug-likeness (QED) is 0.902. The molecule has 20 heavy (non-hydrogen) atoms. The van der Waals surface area contributed by atoms with Crippen molar-refractivity contribution >= 4 is 27.6 Å². The van der Waals surface area contributed by atoms with Gasteiger partial charge in [0.05, 0.1) is 6.54 Å². The number of nitrogen functional groups attached to an aromatic ring is 1. The minimum Gasteiger partial charge on any atom is -0.383 e. The van der Waals surface area contributed by atoms with Crippen LogP contribution in [0.5, 0.6) is 0 Å². The van der Waals surface area contributed by atoms with Crippen LogP contribution in [0.1, 0.15) is 24.0 Å². The summed E-state index contributed by atoms with van der Waals surface area (Å²) in [4.78, 5) is 0. The third-order valence-corrected chi connectivity index (χ3v) is 3.74. The van der Waals surface area contributed by atoms with E-state index in [4.69, 9.17) is 5.73 Å². The Morgan fingerprint density at radius 1 is 1.50 bits per heavy atom. The molecular formula is C14H14BrN5. The minimum atomic E-state index is 0.413. The third-order valence-electron chi connectivity index (χ3n) is 3.24. The molecule has 3 rings (SSSR count). The Balaban J connectivity index is 1.89. The highest BCUT2D eigenvalue weighted by Crippen LogP contribution is 2.28. The molecule has 0 atom stereocenters. The first-order chi connectivity index (χ1) is 9.67. The van der Waals surface area contributed by atoms with E-state index in [1.165, 1.54) is 0 Å². The van der Waals surface area contributed by atoms with Crippen molar-refractivity contribution in [1.82, 2.24) is 9.78 Å². The summed E-state index contributed by atoms with van der Waals surface area (Å²) >= 11 is 3.44. The standard InChI is InChI=1S/C14H14BrN5/c15-10-3-1-2-9(6-10)8-20-13(17)12(7-16)14(19-20)18-11-4-5-11/h1-3,6,11H,4-5,8,17H2,(H,18,19). The summed E-state index contributed by atoms with van der Waals surface area (Å²) in [5.41, 5.74) is 7.54. The Kier molecular flexibility index (Phi) is 3.36. The second kappa shape index (κ2) is 5.17. The zero-order valence-electron chi connectivity index (χ0n) is 10.8. The highest BCUT2D eigenvalue weighted by Gasteiger charge is 2.25. The van der Waals surface area contributed by atoms with Gasteiger partial charge in [-0.25, -0.2) is 4.68 Å². The molecule has 1 heterocycles. The van der Waals surface area contributed by atoms with Gasteiger partial charge in [0.1, 0.15) is 17.5 Å². The number of anilines is 2. The van der Waals surface area contributed by atoms with Gasteiger partial charge in [-0.2, -0.15) is 10.4 Å². The molecule has 0 radical (unpaired) electrons. The van der Waals surface area contributed by atoms with Gasteiger partial charge in [-0.1, -0.05) is 28.1 Å². The number of nitrogens with zero attached hydrogens (tertiary/aromatic N) is 3. The molecule has 1 aromatic carbocycles. The van der Waals surface area contributed by atoms with Crippen LogP contribution >= 0.6 is 15.9 Å². The smallest absolute Gasteiger partial charge is 0.168 e. The van der Waals surface area contributed by atoms with Crippen molar-refractivity contribution in [2.24, 2.45) is 0 Å². The van der Waals surface area contributed by atoms with Crippen LogP contribution in [0.2, 0.25) is 0 Å². The molecule has 102 valence electrons. The van der Waals surface area contributed by atoms with E-state index in [-0.39, 0.29) is 0 Å². The average Bonchev–Trinajstić information content (AvgIpc) is 3.17. The Morgan fingerprint density at radius 2 is 2.30 bits per heavy atom. The molecule has 1 aliphatic rings. The lowest BCUT2D eigenvalue weighted by molar-refractivity contribution is 0.698. The molecule has 0 bridgehead atoms. The molecule has 0 saturated heterocycles. The number of nitrogens with one attached hydrogen (secondary N) is 1. The van der Waals surface area contributed by atoms with E-state index in [0.29, 0.717) is 29.8 Å². The predicted molar refractivity (Wildman–Crippen MR) is 81.2 cm³/mol. The van der Waals surface area contributed by atoms with E-state index >= 15 is 0 Å². The summed E-state index contributed by atoms with van der Waals surface area (Å²) in [6, 6.07) is 10.5. The SMILES string of the molecule is N#Cc1c(NC2CC2)nn(Cc2cccc(Br)c2)c1N. The van der Waals surface area contributed by atoms with Crippen LogP contribution < -0.4 is 11.1 Å². The maximum atomic E-state index is 9.23. The van der Waals surface area contributed by atoms with Crippen molar-refractivity contribution in [1.29, 1.82) is 5.26 Å². The van der Waals surface area contributed by atoms with E-state index in [1.54, 1.807) is 4.68 Å². The van der Waals surface area contributed by atoms with Crippen molar-refractivity contribution < 1.29 is 0 Å². The fourth-order valence-electron chi connectivity index (χ4n) is 2.04. The van der Waals surface area contributed by atoms with Gasteiger partial charge in [0.15, 0.2) is 5.82 Å². The third kappa shape index (κ3) is 2.63. The van der Waals surface area contributed by atoms with Gasteiger partial charge in [0.25, 0.3) is 0 Å². The number of nitrogens with two attached hydrogens (primary N) is 1. The average molecular weight is 332 g/mol. The van der Waals surface area contributed by atoms with Crippen LogP contribution in [-0.2, 0) is 6.54 Å². The fraction of sp³-hybridized carbons (Fsp3) is 0.286. The topological polar surface area (TPSA) is 79.7 Å². The molecule has 0 spiro atoms. The Labute approximate surface area is 125 Å². The molecule has 1 fully saturated rings. The van der Waals surface area contributed by atoms with Gasteiger partial charge >= 0.3 is 0 Å². The van der Waals surface area contributed by atoms with Crippen molar-refractivity contribution in [2.75, 3.05) is 11.1 Å². The van der Waals surface area contributed by atoms with E-state index in [0.717, 1.165) is 22.9 Å². The number of rotatable bonds is 4. The molecular weight excluding hydrogens is 318 g/mol. The van der Waals surface area contributed by atoms with Gasteiger partial charge in [0, 0.05) is 10.5 Å². The lowest BCUT2D eigenvalue weighted by Gasteiger charge is -2.04. The molecule has 2 aromatic rings. The van der Waals surface area contributed by atoms with Crippen LogP contribution in [0, 0.1) is 11.3 Å². The second-order valence-corrected chi connectivity index (χ2v) is 5.84. The summed E-state index contributed by atoms with van der Waals surface area (Å²) in [6.45, 7) is 0.548. The molecule has 5 nitrogen and oxygen atoms in total. The zero-order valence-corrected chi connectivity index (χ0v) is 12.4. The maximum absolute atomic E-state index is 9.23. The normalized spacial score (nSPS) is 14.0. The largest absolute Gasteiger partial charge is 0.383 e. The molecule has 3 N–H and O–H groups in total. The second-order valence-electron chi connectivity index (χ2n) is 4.93. The number of benzene rings is 1. The summed E-state index contributed by atoms with van der Waals surface area (Å²) in [5, 5.41) is 16.9. The minimum absolute atomic E-state index is 0.413. The first-order valence-corrected chi connectivity index (χ1v) is 7.24. The Bertz CT molecular complexity index is 681. The van der Waals surface area contributed by atoms with E-state index in [2.05, 4.69) is 32.4 Å². The molecule has 1 aromatic heterocycles. The van der Waals surface area contributed by atoms with Crippen LogP contribution in [0.4, 0.5) is 11.6 Å². The van der Waals surface area contributed by atoms with E-state index in [1.807, 2.05) is 24.3 Å². The number of hydrogen-bond acceptors (Lipinski definition) is 4. The van der Waals surface area contributed by atoms with Gasteiger partial charge in [-0.05, 0) is 30.5 Å². The molecule has 0 amide bonds. The van der Waals surface area contributed by atoms with Crippen LogP contribution in [0.25, 0.3) is 0 Å². The van der Waals surface area contributed by atoms with Crippen LogP contribution in [-0.4, -0.2) is 15.8 Å². The first-order valence-electron chi connectivity index (χ1n) is 6.44. The van der Waals surface area contributed by atoms with Crippen molar-refractivity contribution in [3.8, 4) is 6.07 Å². The first kappa shape index (κ1) is 13.0. The Hall–Kier alpha value is -2.00. The molecule has 0 unspecified atom stereocenters. The van der Waals surface area contributed by atoms with Gasteiger partial charge in [-0.3, -0.25) is 0 Å². The van der Waals surface area contributed by atoms with Crippen LogP contribution in [0.15, 0.2) is 28.7 Å². The van der Waals surface area contributed by atoms with Gasteiger partial charge in [-0.15, -0.1) is 0 Å². The van der Waals surface area contributed by atoms with Crippen molar-refractivity contribution in [2.45, 2.75) is 25.4 Å². The molecule has 1 aliphatic carbocycles. The number of halogens is 1. The van der Waals surface area contributed by atoms with E-state index in [9.17, 15) is 5.26 Å². The lowest BCUT2D eigenvalue weighted by Crippen LogP contribution is -2.07. The highest BCUT2D eigenvalue weighted by molar-refractivity contribution is 9.10.